The molecule has 1 aliphatic heterocycles. The summed E-state index contributed by atoms with van der Waals surface area (Å²) in [7, 11) is 0. The van der Waals surface area contributed by atoms with Gasteiger partial charge in [-0.3, -0.25) is 24.6 Å². The molecule has 5 rings (SSSR count). The Kier molecular flexibility index (Phi) is 7.58. The van der Waals surface area contributed by atoms with Gasteiger partial charge in [0.1, 0.15) is 11.6 Å². The fourth-order valence-corrected chi connectivity index (χ4v) is 6.38. The first-order chi connectivity index (χ1) is 19.3. The second kappa shape index (κ2) is 11.2. The number of benzene rings is 2. The van der Waals surface area contributed by atoms with Crippen LogP contribution in [0.25, 0.3) is 0 Å². The number of hydrogen-bond donors (Lipinski definition) is 2. The van der Waals surface area contributed by atoms with Crippen molar-refractivity contribution < 1.29 is 18.9 Å². The summed E-state index contributed by atoms with van der Waals surface area (Å²) < 4.78 is 15.3. The molecule has 0 radical (unpaired) electrons. The number of nitriles is 1. The van der Waals surface area contributed by atoms with Gasteiger partial charge in [0.05, 0.1) is 28.2 Å². The van der Waals surface area contributed by atoms with Crippen LogP contribution in [-0.4, -0.2) is 32.6 Å². The topological polar surface area (TPSA) is 168 Å². The molecule has 1 unspecified atom stereocenters. The van der Waals surface area contributed by atoms with Crippen LogP contribution in [0.3, 0.4) is 0 Å². The van der Waals surface area contributed by atoms with Gasteiger partial charge in [-0.1, -0.05) is 47.4 Å². The van der Waals surface area contributed by atoms with Gasteiger partial charge in [-0.15, -0.1) is 10.2 Å². The molecule has 2 aliphatic rings. The first-order valence-electron chi connectivity index (χ1n) is 12.0. The van der Waals surface area contributed by atoms with Crippen LogP contribution in [0.5, 0.6) is 0 Å². The number of carbonyl (C=O) groups excluding carboxylic acids is 2. The smallest absolute Gasteiger partial charge is 0.271 e. The number of Topliss-reactive ketones (excluding diaryl/α,β-unsaturated/α-hetero) is 1. The van der Waals surface area contributed by atoms with E-state index in [0.717, 1.165) is 23.1 Å². The third-order valence-electron chi connectivity index (χ3n) is 6.38. The molecule has 1 amide bonds. The maximum absolute atomic E-state index is 14.9. The van der Waals surface area contributed by atoms with E-state index in [4.69, 9.17) is 5.73 Å². The summed E-state index contributed by atoms with van der Waals surface area (Å²) >= 11 is 2.22. The van der Waals surface area contributed by atoms with Crippen molar-refractivity contribution in [3.63, 3.8) is 0 Å². The summed E-state index contributed by atoms with van der Waals surface area (Å²) in [6.45, 7) is 0. The number of allylic oxidation sites excluding steroid dienone is 3. The van der Waals surface area contributed by atoms with E-state index in [9.17, 15) is 29.4 Å². The second-order valence-corrected chi connectivity index (χ2v) is 11.0. The Morgan fingerprint density at radius 1 is 1.27 bits per heavy atom. The third kappa shape index (κ3) is 5.16. The number of anilines is 2. The standard InChI is InChI=1S/C26H20FN7O4S2/c27-18-8-2-1-7-16(18)22-17(12-28)24(29)33(19-9-4-10-20(35)23(19)22)25-31-32-26(40-25)39-13-21(36)30-14-5-3-6-15(11-14)34(37)38/h1-3,5-8,11,22H,4,9-10,13,29H2,(H,30,36). The summed E-state index contributed by atoms with van der Waals surface area (Å²) in [5.74, 6) is -2.05. The molecule has 3 N–H and O–H groups in total. The van der Waals surface area contributed by atoms with Gasteiger partial charge in [0.25, 0.3) is 5.69 Å². The Labute approximate surface area is 235 Å². The number of aromatic nitrogens is 2. The van der Waals surface area contributed by atoms with Gasteiger partial charge in [0.2, 0.25) is 11.0 Å². The van der Waals surface area contributed by atoms with E-state index in [-0.39, 0.29) is 40.6 Å². The number of nitro benzene ring substituents is 1. The average Bonchev–Trinajstić information content (AvgIpc) is 3.40. The zero-order valence-corrected chi connectivity index (χ0v) is 22.3. The Morgan fingerprint density at radius 3 is 2.83 bits per heavy atom. The highest BCUT2D eigenvalue weighted by molar-refractivity contribution is 8.01. The van der Waals surface area contributed by atoms with E-state index >= 15 is 0 Å². The summed E-state index contributed by atoms with van der Waals surface area (Å²) in [5.41, 5.74) is 7.75. The first-order valence-corrected chi connectivity index (χ1v) is 13.8. The predicted molar refractivity (Wildman–Crippen MR) is 147 cm³/mol. The minimum absolute atomic E-state index is 0.0415. The molecule has 40 heavy (non-hydrogen) atoms. The fraction of sp³-hybridized carbons (Fsp3) is 0.192. The molecule has 1 aliphatic carbocycles. The number of nitrogens with two attached hydrogens (primary N) is 1. The molecule has 2 aromatic carbocycles. The van der Waals surface area contributed by atoms with E-state index in [2.05, 4.69) is 21.6 Å². The molecular weight excluding hydrogens is 557 g/mol. The van der Waals surface area contributed by atoms with Gasteiger partial charge in [-0.25, -0.2) is 4.39 Å². The number of halogens is 1. The molecule has 202 valence electrons. The monoisotopic (exact) mass is 577 g/mol. The van der Waals surface area contributed by atoms with Gasteiger partial charge in [0.15, 0.2) is 10.1 Å². The van der Waals surface area contributed by atoms with Gasteiger partial charge < -0.3 is 11.1 Å². The number of amides is 1. The van der Waals surface area contributed by atoms with Crippen LogP contribution in [0.2, 0.25) is 0 Å². The fourth-order valence-electron chi connectivity index (χ4n) is 4.70. The third-order valence-corrected chi connectivity index (χ3v) is 8.43. The molecule has 3 aromatic rings. The van der Waals surface area contributed by atoms with Crippen LogP contribution < -0.4 is 16.0 Å². The SMILES string of the molecule is N#CC1=C(N)N(c2nnc(SCC(=O)Nc3cccc([N+](=O)[O-])c3)s2)C2=C(C(=O)CCC2)C1c1ccccc1F. The van der Waals surface area contributed by atoms with E-state index in [0.29, 0.717) is 39.3 Å². The van der Waals surface area contributed by atoms with Crippen LogP contribution in [-0.2, 0) is 9.59 Å². The minimum Gasteiger partial charge on any atom is -0.384 e. The van der Waals surface area contributed by atoms with E-state index < -0.39 is 22.6 Å². The van der Waals surface area contributed by atoms with Crippen molar-refractivity contribution in [3.8, 4) is 6.07 Å². The predicted octanol–water partition coefficient (Wildman–Crippen LogP) is 4.62. The normalized spacial score (nSPS) is 16.9. The van der Waals surface area contributed by atoms with Gasteiger partial charge in [-0.2, -0.15) is 5.26 Å². The van der Waals surface area contributed by atoms with Crippen molar-refractivity contribution in [2.75, 3.05) is 16.0 Å². The number of nitro groups is 1. The highest BCUT2D eigenvalue weighted by atomic mass is 32.2. The van der Waals surface area contributed by atoms with Crippen molar-refractivity contribution in [1.82, 2.24) is 10.2 Å². The minimum atomic E-state index is -0.926. The molecule has 14 heteroatoms. The molecule has 1 aromatic heterocycles. The summed E-state index contributed by atoms with van der Waals surface area (Å²) in [6.07, 6.45) is 1.30. The number of rotatable bonds is 7. The molecule has 0 fully saturated rings. The molecule has 0 saturated heterocycles. The molecule has 2 heterocycles. The molecule has 1 atom stereocenters. The lowest BCUT2D eigenvalue weighted by Gasteiger charge is -2.38. The number of thioether (sulfide) groups is 1. The number of nitrogens with zero attached hydrogens (tertiary/aromatic N) is 5. The number of hydrogen-bond acceptors (Lipinski definition) is 11. The highest BCUT2D eigenvalue weighted by Gasteiger charge is 2.42. The number of ketones is 1. The number of non-ortho nitro benzene ring substituents is 1. The van der Waals surface area contributed by atoms with Crippen molar-refractivity contribution in [1.29, 1.82) is 5.26 Å². The summed E-state index contributed by atoms with van der Waals surface area (Å²) in [6, 6.07) is 13.7. The van der Waals surface area contributed by atoms with Crippen LogP contribution in [0.1, 0.15) is 30.7 Å². The molecule has 0 spiro atoms. The molecule has 0 bridgehead atoms. The zero-order valence-electron chi connectivity index (χ0n) is 20.7. The van der Waals surface area contributed by atoms with Crippen molar-refractivity contribution >= 4 is 51.3 Å². The highest BCUT2D eigenvalue weighted by Crippen LogP contribution is 2.47. The quantitative estimate of drug-likeness (QED) is 0.230. The number of carbonyl (C=O) groups is 2. The molecular formula is C26H20FN7O4S2. The Balaban J connectivity index is 1.40. The van der Waals surface area contributed by atoms with E-state index in [1.54, 1.807) is 18.2 Å². The zero-order chi connectivity index (χ0) is 28.4. The average molecular weight is 578 g/mol. The van der Waals surface area contributed by atoms with Crippen LogP contribution in [0.15, 0.2) is 75.5 Å². The van der Waals surface area contributed by atoms with Crippen molar-refractivity contribution in [2.24, 2.45) is 5.73 Å². The maximum Gasteiger partial charge on any atom is 0.271 e. The van der Waals surface area contributed by atoms with Gasteiger partial charge in [0, 0.05) is 41.1 Å². The number of nitrogens with one attached hydrogen (secondary N) is 1. The van der Waals surface area contributed by atoms with Crippen LogP contribution >= 0.6 is 23.1 Å². The van der Waals surface area contributed by atoms with Crippen molar-refractivity contribution in [2.45, 2.75) is 29.5 Å². The summed E-state index contributed by atoms with van der Waals surface area (Å²) in [4.78, 5) is 37.5. The van der Waals surface area contributed by atoms with Crippen LogP contribution in [0, 0.1) is 27.3 Å². The first kappa shape index (κ1) is 27.0. The Morgan fingerprint density at radius 2 is 2.08 bits per heavy atom. The second-order valence-electron chi connectivity index (χ2n) is 8.83. The lowest BCUT2D eigenvalue weighted by atomic mass is 9.75. The Bertz CT molecular complexity index is 1650. The van der Waals surface area contributed by atoms with Crippen LogP contribution in [0.4, 0.5) is 20.9 Å². The summed E-state index contributed by atoms with van der Waals surface area (Å²) in [5, 5.41) is 32.3. The van der Waals surface area contributed by atoms with Gasteiger partial charge in [-0.05, 0) is 25.0 Å². The van der Waals surface area contributed by atoms with Crippen molar-refractivity contribution in [3.05, 3.63) is 92.7 Å². The molecule has 0 saturated carbocycles. The largest absolute Gasteiger partial charge is 0.384 e. The molecule has 11 nitrogen and oxygen atoms in total. The maximum atomic E-state index is 14.9. The van der Waals surface area contributed by atoms with Gasteiger partial charge >= 0.3 is 0 Å². The lowest BCUT2D eigenvalue weighted by Crippen LogP contribution is -2.38. The van der Waals surface area contributed by atoms with E-state index in [1.807, 2.05) is 0 Å². The lowest BCUT2D eigenvalue weighted by molar-refractivity contribution is -0.384. The van der Waals surface area contributed by atoms with E-state index in [1.165, 1.54) is 35.2 Å². The Hall–Kier alpha value is -4.61.